The van der Waals surface area contributed by atoms with E-state index in [0.29, 0.717) is 11.4 Å². The number of amides is 1. The maximum atomic E-state index is 11.7. The number of carbonyl (C=O) groups is 1. The lowest BCUT2D eigenvalue weighted by molar-refractivity contribution is 0.0943. The molecule has 0 aliphatic carbocycles. The van der Waals surface area contributed by atoms with Crippen LogP contribution in [0.5, 0.6) is 5.75 Å². The number of phenolic OH excluding ortho intramolecular Hbond substituents is 1. The molecule has 0 spiro atoms. The summed E-state index contributed by atoms with van der Waals surface area (Å²) in [6.07, 6.45) is 0. The minimum atomic E-state index is -0.166. The number of nitrogens with one attached hydrogen (secondary N) is 1. The fourth-order valence-corrected chi connectivity index (χ4v) is 1.32. The van der Waals surface area contributed by atoms with Gasteiger partial charge in [-0.1, -0.05) is 0 Å². The van der Waals surface area contributed by atoms with Gasteiger partial charge in [-0.2, -0.15) is 0 Å². The predicted octanol–water partition coefficient (Wildman–Crippen LogP) is 2.06. The molecule has 0 saturated heterocycles. The molecule has 82 valence electrons. The van der Waals surface area contributed by atoms with Crippen LogP contribution in [0, 0.1) is 6.92 Å². The Morgan fingerprint density at radius 2 is 2.27 bits per heavy atom. The summed E-state index contributed by atoms with van der Waals surface area (Å²) in [5.74, 6) is 0.373. The number of alkyl halides is 1. The van der Waals surface area contributed by atoms with Crippen LogP contribution in [-0.4, -0.2) is 22.9 Å². The number of aryl methyl sites for hydroxylation is 1. The lowest BCUT2D eigenvalue weighted by atomic mass is 10.1. The molecular formula is C11H14ClNO2. The topological polar surface area (TPSA) is 49.3 Å². The molecule has 0 radical (unpaired) electrons. The Bertz CT molecular complexity index is 366. The van der Waals surface area contributed by atoms with E-state index in [4.69, 9.17) is 11.6 Å². The molecule has 1 rings (SSSR count). The average Bonchev–Trinajstić information content (AvgIpc) is 2.17. The van der Waals surface area contributed by atoms with E-state index in [2.05, 4.69) is 5.32 Å². The summed E-state index contributed by atoms with van der Waals surface area (Å²) in [5, 5.41) is 11.9. The molecule has 15 heavy (non-hydrogen) atoms. The molecule has 0 aliphatic heterocycles. The second-order valence-corrected chi connectivity index (χ2v) is 3.84. The van der Waals surface area contributed by atoms with Crippen LogP contribution in [0.15, 0.2) is 18.2 Å². The zero-order valence-electron chi connectivity index (χ0n) is 8.75. The Morgan fingerprint density at radius 3 is 2.80 bits per heavy atom. The number of rotatable bonds is 3. The number of hydrogen-bond acceptors (Lipinski definition) is 2. The van der Waals surface area contributed by atoms with Crippen LogP contribution in [0.3, 0.4) is 0 Å². The van der Waals surface area contributed by atoms with E-state index in [1.807, 2.05) is 6.92 Å². The third-order valence-corrected chi connectivity index (χ3v) is 2.53. The molecule has 0 aliphatic rings. The van der Waals surface area contributed by atoms with Gasteiger partial charge in [0.1, 0.15) is 5.75 Å². The minimum Gasteiger partial charge on any atom is -0.508 e. The SMILES string of the molecule is Cc1cc(O)ccc1C(=O)NC(C)CCl. The third kappa shape index (κ3) is 3.13. The molecule has 3 nitrogen and oxygen atoms in total. The molecule has 0 aromatic heterocycles. The summed E-state index contributed by atoms with van der Waals surface area (Å²) >= 11 is 5.59. The highest BCUT2D eigenvalue weighted by atomic mass is 35.5. The van der Waals surface area contributed by atoms with Crippen LogP contribution < -0.4 is 5.32 Å². The van der Waals surface area contributed by atoms with Crippen molar-refractivity contribution in [2.75, 3.05) is 5.88 Å². The van der Waals surface area contributed by atoms with E-state index < -0.39 is 0 Å². The summed E-state index contributed by atoms with van der Waals surface area (Å²) in [4.78, 5) is 11.7. The Kier molecular flexibility index (Phi) is 3.97. The maximum Gasteiger partial charge on any atom is 0.251 e. The summed E-state index contributed by atoms with van der Waals surface area (Å²) in [5.41, 5.74) is 1.30. The minimum absolute atomic E-state index is 0.0626. The normalized spacial score (nSPS) is 12.2. The van der Waals surface area contributed by atoms with Crippen molar-refractivity contribution in [1.29, 1.82) is 0 Å². The van der Waals surface area contributed by atoms with Crippen LogP contribution in [0.1, 0.15) is 22.8 Å². The van der Waals surface area contributed by atoms with Gasteiger partial charge in [0.2, 0.25) is 0 Å². The largest absolute Gasteiger partial charge is 0.508 e. The Labute approximate surface area is 94.1 Å². The summed E-state index contributed by atoms with van der Waals surface area (Å²) in [6.45, 7) is 3.61. The highest BCUT2D eigenvalue weighted by Gasteiger charge is 2.11. The lowest BCUT2D eigenvalue weighted by Crippen LogP contribution is -2.34. The van der Waals surface area contributed by atoms with Gasteiger partial charge in [-0.25, -0.2) is 0 Å². The fourth-order valence-electron chi connectivity index (χ4n) is 1.24. The quantitative estimate of drug-likeness (QED) is 0.777. The van der Waals surface area contributed by atoms with E-state index in [1.165, 1.54) is 6.07 Å². The first-order valence-corrected chi connectivity index (χ1v) is 5.24. The zero-order chi connectivity index (χ0) is 11.4. The van der Waals surface area contributed by atoms with Crippen molar-refractivity contribution in [3.63, 3.8) is 0 Å². The van der Waals surface area contributed by atoms with Crippen molar-refractivity contribution in [3.8, 4) is 5.75 Å². The first-order valence-electron chi connectivity index (χ1n) is 4.71. The van der Waals surface area contributed by atoms with Crippen molar-refractivity contribution in [2.24, 2.45) is 0 Å². The van der Waals surface area contributed by atoms with Crippen molar-refractivity contribution < 1.29 is 9.90 Å². The molecule has 0 saturated carbocycles. The summed E-state index contributed by atoms with van der Waals surface area (Å²) < 4.78 is 0. The number of carbonyl (C=O) groups excluding carboxylic acids is 1. The van der Waals surface area contributed by atoms with Gasteiger partial charge in [0.25, 0.3) is 5.91 Å². The van der Waals surface area contributed by atoms with Crippen molar-refractivity contribution in [2.45, 2.75) is 19.9 Å². The van der Waals surface area contributed by atoms with Gasteiger partial charge in [0.05, 0.1) is 0 Å². The van der Waals surface area contributed by atoms with E-state index in [-0.39, 0.29) is 17.7 Å². The molecule has 1 amide bonds. The maximum absolute atomic E-state index is 11.7. The number of halogens is 1. The summed E-state index contributed by atoms with van der Waals surface area (Å²) in [7, 11) is 0. The highest BCUT2D eigenvalue weighted by Crippen LogP contribution is 2.15. The predicted molar refractivity (Wildman–Crippen MR) is 60.5 cm³/mol. The van der Waals surface area contributed by atoms with Gasteiger partial charge >= 0.3 is 0 Å². The van der Waals surface area contributed by atoms with E-state index in [9.17, 15) is 9.90 Å². The number of hydrogen-bond donors (Lipinski definition) is 2. The second kappa shape index (κ2) is 5.03. The molecule has 1 aromatic rings. The number of aromatic hydroxyl groups is 1. The summed E-state index contributed by atoms with van der Waals surface area (Å²) in [6, 6.07) is 4.58. The molecule has 2 N–H and O–H groups in total. The molecule has 1 aromatic carbocycles. The first-order chi connectivity index (χ1) is 7.04. The van der Waals surface area contributed by atoms with E-state index in [1.54, 1.807) is 19.1 Å². The van der Waals surface area contributed by atoms with Crippen LogP contribution in [-0.2, 0) is 0 Å². The van der Waals surface area contributed by atoms with Gasteiger partial charge in [0.15, 0.2) is 0 Å². The van der Waals surface area contributed by atoms with Crippen LogP contribution in [0.25, 0.3) is 0 Å². The monoisotopic (exact) mass is 227 g/mol. The van der Waals surface area contributed by atoms with Crippen molar-refractivity contribution >= 4 is 17.5 Å². The molecule has 0 heterocycles. The third-order valence-electron chi connectivity index (χ3n) is 2.06. The zero-order valence-corrected chi connectivity index (χ0v) is 9.51. The molecular weight excluding hydrogens is 214 g/mol. The lowest BCUT2D eigenvalue weighted by Gasteiger charge is -2.12. The molecule has 0 fully saturated rings. The van der Waals surface area contributed by atoms with Crippen LogP contribution in [0.2, 0.25) is 0 Å². The average molecular weight is 228 g/mol. The van der Waals surface area contributed by atoms with Crippen LogP contribution >= 0.6 is 11.6 Å². The van der Waals surface area contributed by atoms with Crippen molar-refractivity contribution in [3.05, 3.63) is 29.3 Å². The first kappa shape index (κ1) is 11.9. The molecule has 1 atom stereocenters. The van der Waals surface area contributed by atoms with Gasteiger partial charge in [0, 0.05) is 17.5 Å². The Hall–Kier alpha value is -1.22. The standard InChI is InChI=1S/C11H14ClNO2/c1-7-5-9(14)3-4-10(7)11(15)13-8(2)6-12/h3-5,8,14H,6H2,1-2H3,(H,13,15). The van der Waals surface area contributed by atoms with E-state index in [0.717, 1.165) is 5.56 Å². The van der Waals surface area contributed by atoms with Gasteiger partial charge in [-0.05, 0) is 37.6 Å². The molecule has 1 unspecified atom stereocenters. The molecule has 0 bridgehead atoms. The van der Waals surface area contributed by atoms with Crippen LogP contribution in [0.4, 0.5) is 0 Å². The smallest absolute Gasteiger partial charge is 0.251 e. The van der Waals surface area contributed by atoms with Crippen molar-refractivity contribution in [1.82, 2.24) is 5.32 Å². The highest BCUT2D eigenvalue weighted by molar-refractivity contribution is 6.18. The molecule has 4 heteroatoms. The van der Waals surface area contributed by atoms with E-state index >= 15 is 0 Å². The fraction of sp³-hybridized carbons (Fsp3) is 0.364. The van der Waals surface area contributed by atoms with Gasteiger partial charge in [-0.3, -0.25) is 4.79 Å². The Morgan fingerprint density at radius 1 is 1.60 bits per heavy atom. The second-order valence-electron chi connectivity index (χ2n) is 3.53. The van der Waals surface area contributed by atoms with Gasteiger partial charge in [-0.15, -0.1) is 11.6 Å². The Balaban J connectivity index is 2.82. The number of benzene rings is 1. The van der Waals surface area contributed by atoms with Gasteiger partial charge < -0.3 is 10.4 Å². The number of phenols is 1.